The number of ether oxygens (including phenoxy) is 1. The number of amides is 2. The van der Waals surface area contributed by atoms with E-state index in [1.54, 1.807) is 4.90 Å². The first-order chi connectivity index (χ1) is 15.7. The molecule has 6 nitrogen and oxygen atoms in total. The van der Waals surface area contributed by atoms with Crippen molar-refractivity contribution >= 4 is 12.0 Å². The predicted molar refractivity (Wildman–Crippen MR) is 130 cm³/mol. The van der Waals surface area contributed by atoms with Gasteiger partial charge in [-0.1, -0.05) is 55.5 Å². The summed E-state index contributed by atoms with van der Waals surface area (Å²) in [5.74, 6) is 0.0694. The quantitative estimate of drug-likeness (QED) is 0.747. The Labute approximate surface area is 197 Å². The normalized spacial score (nSPS) is 27.3. The van der Waals surface area contributed by atoms with Crippen LogP contribution in [0.4, 0.5) is 4.79 Å². The van der Waals surface area contributed by atoms with Gasteiger partial charge in [0.1, 0.15) is 11.1 Å². The fourth-order valence-electron chi connectivity index (χ4n) is 5.33. The Kier molecular flexibility index (Phi) is 6.41. The lowest BCUT2D eigenvalue weighted by Gasteiger charge is -2.47. The predicted octanol–water partition coefficient (Wildman–Crippen LogP) is 4.16. The third-order valence-electron chi connectivity index (χ3n) is 7.20. The number of carbonyl (C=O) groups is 2. The number of aryl methyl sites for hydroxylation is 1. The lowest BCUT2D eigenvalue weighted by molar-refractivity contribution is -0.137. The zero-order valence-electron chi connectivity index (χ0n) is 20.4. The highest BCUT2D eigenvalue weighted by molar-refractivity contribution is 5.90. The highest BCUT2D eigenvalue weighted by Crippen LogP contribution is 2.43. The standard InChI is InChI=1S/C27H37N3O3/c1-5-26(14-9-6-10-15-26)28-23(31)27(16-13-21-11-7-8-12-22(21)27)30-19-17-29(18-20-30)24(32)33-25(2,3)4/h6-12,14H,5,13,15-20H2,1-4H3,(H,28,31)/t26-,27?/m0/s1. The van der Waals surface area contributed by atoms with Crippen LogP contribution in [0.2, 0.25) is 0 Å². The molecular weight excluding hydrogens is 414 g/mol. The summed E-state index contributed by atoms with van der Waals surface area (Å²) < 4.78 is 5.57. The fourth-order valence-corrected chi connectivity index (χ4v) is 5.33. The molecular formula is C27H37N3O3. The van der Waals surface area contributed by atoms with Crippen molar-refractivity contribution in [3.8, 4) is 0 Å². The van der Waals surface area contributed by atoms with E-state index in [1.807, 2.05) is 39.0 Å². The monoisotopic (exact) mass is 451 g/mol. The number of hydrogen-bond donors (Lipinski definition) is 1. The lowest BCUT2D eigenvalue weighted by atomic mass is 9.83. The van der Waals surface area contributed by atoms with Gasteiger partial charge in [-0.25, -0.2) is 4.79 Å². The third kappa shape index (κ3) is 4.58. The van der Waals surface area contributed by atoms with Gasteiger partial charge in [0.15, 0.2) is 0 Å². The Morgan fingerprint density at radius 2 is 1.82 bits per heavy atom. The van der Waals surface area contributed by atoms with Crippen molar-refractivity contribution in [2.45, 2.75) is 70.1 Å². The second kappa shape index (κ2) is 8.98. The van der Waals surface area contributed by atoms with Crippen LogP contribution < -0.4 is 5.32 Å². The molecule has 4 rings (SSSR count). The van der Waals surface area contributed by atoms with Gasteiger partial charge in [-0.2, -0.15) is 0 Å². The van der Waals surface area contributed by atoms with E-state index in [1.165, 1.54) is 5.56 Å². The topological polar surface area (TPSA) is 61.9 Å². The Bertz CT molecular complexity index is 956. The summed E-state index contributed by atoms with van der Waals surface area (Å²) in [5, 5.41) is 3.44. The summed E-state index contributed by atoms with van der Waals surface area (Å²) in [6.07, 6.45) is 11.3. The molecule has 2 amide bonds. The number of piperazine rings is 1. The lowest BCUT2D eigenvalue weighted by Crippen LogP contribution is -2.64. The summed E-state index contributed by atoms with van der Waals surface area (Å²) >= 11 is 0. The van der Waals surface area contributed by atoms with Gasteiger partial charge in [0, 0.05) is 26.2 Å². The van der Waals surface area contributed by atoms with Gasteiger partial charge in [0.25, 0.3) is 0 Å². The van der Waals surface area contributed by atoms with E-state index in [4.69, 9.17) is 4.74 Å². The van der Waals surface area contributed by atoms with Gasteiger partial charge in [-0.05, 0) is 57.6 Å². The molecule has 2 aliphatic carbocycles. The minimum Gasteiger partial charge on any atom is -0.444 e. The van der Waals surface area contributed by atoms with Crippen LogP contribution in [0.3, 0.4) is 0 Å². The van der Waals surface area contributed by atoms with Gasteiger partial charge < -0.3 is 15.0 Å². The van der Waals surface area contributed by atoms with Crippen molar-refractivity contribution in [2.75, 3.05) is 26.2 Å². The largest absolute Gasteiger partial charge is 0.444 e. The maximum absolute atomic E-state index is 14.1. The van der Waals surface area contributed by atoms with Crippen LogP contribution in [0.1, 0.15) is 58.1 Å². The molecule has 0 aromatic heterocycles. The van der Waals surface area contributed by atoms with Crippen LogP contribution in [0.25, 0.3) is 0 Å². The molecule has 2 atom stereocenters. The molecule has 33 heavy (non-hydrogen) atoms. The molecule has 1 aromatic rings. The molecule has 1 fully saturated rings. The highest BCUT2D eigenvalue weighted by atomic mass is 16.6. The van der Waals surface area contributed by atoms with Crippen LogP contribution in [-0.4, -0.2) is 59.1 Å². The molecule has 1 aliphatic heterocycles. The van der Waals surface area contributed by atoms with E-state index >= 15 is 0 Å². The Morgan fingerprint density at radius 3 is 2.45 bits per heavy atom. The Morgan fingerprint density at radius 1 is 1.09 bits per heavy atom. The SMILES string of the molecule is CC[C@]1(NC(=O)C2(N3CCN(C(=O)OC(C)(C)C)CC3)CCc3ccccc32)C=CC=CC1. The van der Waals surface area contributed by atoms with Gasteiger partial charge in [-0.15, -0.1) is 0 Å². The summed E-state index contributed by atoms with van der Waals surface area (Å²) in [4.78, 5) is 30.8. The minimum absolute atomic E-state index is 0.0694. The molecule has 6 heteroatoms. The average Bonchev–Trinajstić information content (AvgIpc) is 3.19. The van der Waals surface area contributed by atoms with Crippen LogP contribution in [-0.2, 0) is 21.5 Å². The van der Waals surface area contributed by atoms with E-state index in [0.29, 0.717) is 26.2 Å². The van der Waals surface area contributed by atoms with E-state index in [0.717, 1.165) is 31.2 Å². The van der Waals surface area contributed by atoms with Gasteiger partial charge in [0.05, 0.1) is 5.54 Å². The molecule has 0 bridgehead atoms. The first-order valence-corrected chi connectivity index (χ1v) is 12.2. The summed E-state index contributed by atoms with van der Waals surface area (Å²) in [7, 11) is 0. The van der Waals surface area contributed by atoms with Gasteiger partial charge >= 0.3 is 6.09 Å². The molecule has 178 valence electrons. The molecule has 1 aromatic carbocycles. The van der Waals surface area contributed by atoms with Crippen molar-refractivity contribution < 1.29 is 14.3 Å². The third-order valence-corrected chi connectivity index (χ3v) is 7.20. The molecule has 0 saturated carbocycles. The zero-order valence-corrected chi connectivity index (χ0v) is 20.4. The second-order valence-corrected chi connectivity index (χ2v) is 10.4. The van der Waals surface area contributed by atoms with E-state index in [9.17, 15) is 9.59 Å². The number of benzene rings is 1. The van der Waals surface area contributed by atoms with E-state index in [-0.39, 0.29) is 17.5 Å². The number of rotatable bonds is 4. The smallest absolute Gasteiger partial charge is 0.410 e. The number of hydrogen-bond acceptors (Lipinski definition) is 4. The molecule has 0 spiro atoms. The van der Waals surface area contributed by atoms with Gasteiger partial charge in [-0.3, -0.25) is 9.69 Å². The van der Waals surface area contributed by atoms with Crippen molar-refractivity contribution in [1.29, 1.82) is 0 Å². The highest BCUT2D eigenvalue weighted by Gasteiger charge is 2.52. The van der Waals surface area contributed by atoms with Crippen LogP contribution in [0.5, 0.6) is 0 Å². The zero-order chi connectivity index (χ0) is 23.7. The maximum Gasteiger partial charge on any atom is 0.410 e. The first-order valence-electron chi connectivity index (χ1n) is 12.2. The minimum atomic E-state index is -0.714. The Hall–Kier alpha value is -2.60. The number of nitrogens with zero attached hydrogens (tertiary/aromatic N) is 2. The number of nitrogens with one attached hydrogen (secondary N) is 1. The van der Waals surface area contributed by atoms with Gasteiger partial charge in [0.2, 0.25) is 5.91 Å². The van der Waals surface area contributed by atoms with Crippen LogP contribution in [0, 0.1) is 0 Å². The van der Waals surface area contributed by atoms with Crippen LogP contribution in [0.15, 0.2) is 48.6 Å². The molecule has 1 unspecified atom stereocenters. The van der Waals surface area contributed by atoms with Crippen molar-refractivity contribution in [1.82, 2.24) is 15.1 Å². The van der Waals surface area contributed by atoms with Crippen molar-refractivity contribution in [3.63, 3.8) is 0 Å². The molecule has 1 saturated heterocycles. The van der Waals surface area contributed by atoms with Crippen molar-refractivity contribution in [3.05, 3.63) is 59.7 Å². The second-order valence-electron chi connectivity index (χ2n) is 10.4. The van der Waals surface area contributed by atoms with Crippen molar-refractivity contribution in [2.24, 2.45) is 0 Å². The first kappa shape index (κ1) is 23.6. The fraction of sp³-hybridized carbons (Fsp3) is 0.556. The maximum atomic E-state index is 14.1. The number of allylic oxidation sites excluding steroid dienone is 2. The number of fused-ring (bicyclic) bond motifs is 1. The summed E-state index contributed by atoms with van der Waals surface area (Å²) in [6, 6.07) is 8.33. The molecule has 1 N–H and O–H groups in total. The number of carbonyl (C=O) groups excluding carboxylic acids is 2. The molecule has 0 radical (unpaired) electrons. The summed E-state index contributed by atoms with van der Waals surface area (Å²) in [5.41, 5.74) is 0.764. The average molecular weight is 452 g/mol. The molecule has 3 aliphatic rings. The Balaban J connectivity index is 1.59. The van der Waals surface area contributed by atoms with E-state index < -0.39 is 11.1 Å². The van der Waals surface area contributed by atoms with Crippen LogP contribution >= 0.6 is 0 Å². The van der Waals surface area contributed by atoms with E-state index in [2.05, 4.69) is 47.5 Å². The summed E-state index contributed by atoms with van der Waals surface area (Å²) in [6.45, 7) is 10.1. The molecule has 1 heterocycles.